The number of rotatable bonds is 5. The third kappa shape index (κ3) is 4.95. The molecule has 6 nitrogen and oxygen atoms in total. The minimum atomic E-state index is 0. The minimum absolute atomic E-state index is 0. The van der Waals surface area contributed by atoms with E-state index in [0.29, 0.717) is 0 Å². The van der Waals surface area contributed by atoms with Crippen molar-refractivity contribution in [2.75, 3.05) is 0 Å². The Kier molecular flexibility index (Phi) is 7.60. The first kappa shape index (κ1) is 32.1. The summed E-state index contributed by atoms with van der Waals surface area (Å²) in [6.07, 6.45) is 5.49. The van der Waals surface area contributed by atoms with Crippen LogP contribution in [0.4, 0.5) is 0 Å². The quantitative estimate of drug-likeness (QED) is 0.162. The Morgan fingerprint density at radius 2 is 1.24 bits per heavy atom. The van der Waals surface area contributed by atoms with Crippen LogP contribution in [0.15, 0.2) is 170 Å². The number of hydrogen-bond donors (Lipinski definition) is 0. The van der Waals surface area contributed by atoms with Crippen LogP contribution in [0.5, 0.6) is 0 Å². The van der Waals surface area contributed by atoms with E-state index in [0.717, 1.165) is 94.4 Å². The predicted molar refractivity (Wildman–Crippen MR) is 214 cm³/mol. The molecule has 0 amide bonds. The minimum Gasteiger partial charge on any atom is -0.656 e. The van der Waals surface area contributed by atoms with Crippen molar-refractivity contribution in [1.29, 1.82) is 0 Å². The van der Waals surface area contributed by atoms with Gasteiger partial charge in [-0.1, -0.05) is 102 Å². The molecular weight excluding hydrogens is 844 g/mol. The molecule has 0 unspecified atom stereocenters. The van der Waals surface area contributed by atoms with Crippen molar-refractivity contribution in [3.8, 4) is 45.1 Å². The zero-order valence-electron chi connectivity index (χ0n) is 28.7. The van der Waals surface area contributed by atoms with Crippen molar-refractivity contribution in [1.82, 2.24) is 29.1 Å². The van der Waals surface area contributed by atoms with E-state index in [-0.39, 0.29) is 21.1 Å². The van der Waals surface area contributed by atoms with Gasteiger partial charge < -0.3 is 9.55 Å². The van der Waals surface area contributed by atoms with Crippen LogP contribution in [0.2, 0.25) is 0 Å². The number of fused-ring (bicyclic) bond motifs is 7. The summed E-state index contributed by atoms with van der Waals surface area (Å²) in [5.74, 6) is 1.69. The van der Waals surface area contributed by atoms with Crippen molar-refractivity contribution in [3.05, 3.63) is 176 Å². The van der Waals surface area contributed by atoms with E-state index >= 15 is 0 Å². The number of benzene rings is 6. The number of imidazole rings is 1. The monoisotopic (exact) mass is 871 g/mol. The van der Waals surface area contributed by atoms with Gasteiger partial charge in [-0.05, 0) is 81.3 Å². The summed E-state index contributed by atoms with van der Waals surface area (Å²) in [5, 5.41) is 4.55. The Labute approximate surface area is 324 Å². The zero-order chi connectivity index (χ0) is 34.9. The Morgan fingerprint density at radius 3 is 2.09 bits per heavy atom. The molecule has 256 valence electrons. The van der Waals surface area contributed by atoms with Gasteiger partial charge in [-0.25, -0.2) is 9.97 Å². The van der Waals surface area contributed by atoms with E-state index in [1.54, 1.807) is 0 Å². The summed E-state index contributed by atoms with van der Waals surface area (Å²) in [4.78, 5) is 19.6. The summed E-state index contributed by atoms with van der Waals surface area (Å²) >= 11 is 0. The van der Waals surface area contributed by atoms with Crippen molar-refractivity contribution in [2.45, 2.75) is 0 Å². The van der Waals surface area contributed by atoms with E-state index in [1.807, 2.05) is 55.0 Å². The average Bonchev–Trinajstić information content (AvgIpc) is 3.91. The molecule has 0 atom stereocenters. The zero-order valence-corrected chi connectivity index (χ0v) is 30.9. The molecule has 0 aliphatic heterocycles. The standard InChI is InChI=1S/C47H28N6.Pt/c1-3-14-40-35(9-1)38-12-7-13-39(45(38)50-40)47-51-46-34(11-8-16-42(46)52(47)33-21-18-30(19-22-33)31-24-27-48-28-25-31)32-20-23-37-36-10-2-4-15-41(36)53(43(37)29-32)44-17-5-6-26-49-44;/h1-28H;/q-2;+2. The maximum atomic E-state index is 5.52. The topological polar surface area (TPSA) is 62.6 Å². The summed E-state index contributed by atoms with van der Waals surface area (Å²) in [5.41, 5.74) is 12.1. The van der Waals surface area contributed by atoms with Gasteiger partial charge in [0.1, 0.15) is 11.6 Å². The van der Waals surface area contributed by atoms with Crippen molar-refractivity contribution in [3.63, 3.8) is 0 Å². The number of aromatic nitrogens is 6. The van der Waals surface area contributed by atoms with Crippen molar-refractivity contribution in [2.24, 2.45) is 0 Å². The maximum Gasteiger partial charge on any atom is 2.00 e. The molecule has 0 radical (unpaired) electrons. The van der Waals surface area contributed by atoms with Gasteiger partial charge in [0.25, 0.3) is 0 Å². The smallest absolute Gasteiger partial charge is 0.656 e. The van der Waals surface area contributed by atoms with Gasteiger partial charge in [0, 0.05) is 35.4 Å². The van der Waals surface area contributed by atoms with E-state index in [4.69, 9.17) is 15.0 Å². The molecule has 0 fully saturated rings. The van der Waals surface area contributed by atoms with Crippen LogP contribution >= 0.6 is 0 Å². The van der Waals surface area contributed by atoms with Gasteiger partial charge in [0.05, 0.1) is 11.0 Å². The fraction of sp³-hybridized carbons (Fsp3) is 0. The normalized spacial score (nSPS) is 11.6. The molecule has 0 N–H and O–H groups in total. The fourth-order valence-corrected chi connectivity index (χ4v) is 7.86. The fourth-order valence-electron chi connectivity index (χ4n) is 7.86. The Morgan fingerprint density at radius 1 is 0.519 bits per heavy atom. The van der Waals surface area contributed by atoms with E-state index in [2.05, 4.69) is 135 Å². The first-order valence-electron chi connectivity index (χ1n) is 17.6. The molecule has 6 aromatic carbocycles. The van der Waals surface area contributed by atoms with Crippen LogP contribution in [0.3, 0.4) is 0 Å². The molecule has 0 aliphatic carbocycles. The van der Waals surface area contributed by atoms with Crippen LogP contribution in [-0.2, 0) is 21.1 Å². The molecule has 0 bridgehead atoms. The Hall–Kier alpha value is -6.62. The molecule has 54 heavy (non-hydrogen) atoms. The second-order valence-electron chi connectivity index (χ2n) is 13.2. The Bertz CT molecular complexity index is 3160. The van der Waals surface area contributed by atoms with E-state index < -0.39 is 0 Å². The van der Waals surface area contributed by atoms with Gasteiger partial charge in [-0.3, -0.25) is 9.55 Å². The van der Waals surface area contributed by atoms with Gasteiger partial charge >= 0.3 is 21.1 Å². The molecule has 11 aromatic rings. The number of para-hydroxylation sites is 4. The third-order valence-electron chi connectivity index (χ3n) is 10.3. The van der Waals surface area contributed by atoms with Gasteiger partial charge in [0.2, 0.25) is 0 Å². The summed E-state index contributed by atoms with van der Waals surface area (Å²) in [6.45, 7) is 0. The van der Waals surface area contributed by atoms with Gasteiger partial charge in [0.15, 0.2) is 0 Å². The predicted octanol–water partition coefficient (Wildman–Crippen LogP) is 11.0. The van der Waals surface area contributed by atoms with Crippen LogP contribution < -0.4 is 4.98 Å². The number of pyridine rings is 2. The summed E-state index contributed by atoms with van der Waals surface area (Å²) in [6, 6.07) is 56.6. The molecule has 0 saturated carbocycles. The molecular formula is C47H28N6Pt. The van der Waals surface area contributed by atoms with Crippen molar-refractivity contribution < 1.29 is 21.1 Å². The molecule has 5 heterocycles. The first-order chi connectivity index (χ1) is 26.3. The molecule has 0 spiro atoms. The van der Waals surface area contributed by atoms with Crippen LogP contribution in [-0.4, -0.2) is 24.1 Å². The second kappa shape index (κ2) is 12.8. The SMILES string of the molecule is [Pt+2].[c-]1c(-c2cccc3c2nc(-c2cccc4c2[n-]c2ccccc24)n3-c2ccc(-c3ccncc3)cc2)ccc2c3ccccc3n(-c3ccccn3)c12. The van der Waals surface area contributed by atoms with Gasteiger partial charge in [-0.15, -0.1) is 34.8 Å². The second-order valence-corrected chi connectivity index (χ2v) is 13.2. The number of hydrogen-bond acceptors (Lipinski definition) is 3. The molecule has 5 aromatic heterocycles. The average molecular weight is 872 g/mol. The summed E-state index contributed by atoms with van der Waals surface area (Å²) < 4.78 is 4.47. The maximum absolute atomic E-state index is 5.52. The van der Waals surface area contributed by atoms with Crippen LogP contribution in [0.25, 0.3) is 99.8 Å². The van der Waals surface area contributed by atoms with E-state index in [1.165, 1.54) is 5.39 Å². The van der Waals surface area contributed by atoms with Crippen LogP contribution in [0, 0.1) is 6.07 Å². The molecule has 11 rings (SSSR count). The summed E-state index contributed by atoms with van der Waals surface area (Å²) in [7, 11) is 0. The third-order valence-corrected chi connectivity index (χ3v) is 10.3. The first-order valence-corrected chi connectivity index (χ1v) is 17.6. The molecule has 7 heteroatoms. The van der Waals surface area contributed by atoms with Crippen LogP contribution in [0.1, 0.15) is 0 Å². The van der Waals surface area contributed by atoms with Crippen molar-refractivity contribution >= 4 is 54.6 Å². The molecule has 0 aliphatic rings. The van der Waals surface area contributed by atoms with E-state index in [9.17, 15) is 0 Å². The van der Waals surface area contributed by atoms with Gasteiger partial charge in [-0.2, -0.15) is 0 Å². The Balaban J connectivity index is 0.00000361. The number of nitrogens with zero attached hydrogens (tertiary/aromatic N) is 6. The molecule has 0 saturated heterocycles. The largest absolute Gasteiger partial charge is 2.00 e.